The van der Waals surface area contributed by atoms with Gasteiger partial charge in [-0.05, 0) is 41.5 Å². The molecule has 0 aromatic carbocycles. The van der Waals surface area contributed by atoms with E-state index in [9.17, 15) is 16.8 Å². The van der Waals surface area contributed by atoms with E-state index in [0.29, 0.717) is 55.1 Å². The van der Waals surface area contributed by atoms with Crippen LogP contribution in [0.3, 0.4) is 0 Å². The van der Waals surface area contributed by atoms with E-state index in [2.05, 4.69) is 62.5 Å². The number of hydrogen-bond donors (Lipinski definition) is 1. The Morgan fingerprint density at radius 1 is 1.13 bits per heavy atom. The number of rotatable bonds is 10. The predicted molar refractivity (Wildman–Crippen MR) is 162 cm³/mol. The molecule has 0 saturated carbocycles. The lowest BCUT2D eigenvalue weighted by atomic mass is 10.1. The lowest BCUT2D eigenvalue weighted by Gasteiger charge is -2.32. The number of anilines is 1. The maximum atomic E-state index is 12.2. The summed E-state index contributed by atoms with van der Waals surface area (Å²) in [6, 6.07) is 0.808. The highest BCUT2D eigenvalue weighted by molar-refractivity contribution is 14.1. The molecule has 0 unspecified atom stereocenters. The van der Waals surface area contributed by atoms with Crippen LogP contribution in [-0.2, 0) is 31.3 Å². The fourth-order valence-electron chi connectivity index (χ4n) is 4.18. The quantitative estimate of drug-likeness (QED) is 0.144. The number of nitrogens with zero attached hydrogens (tertiary/aromatic N) is 6. The van der Waals surface area contributed by atoms with Crippen molar-refractivity contribution in [1.29, 1.82) is 0 Å². The van der Waals surface area contributed by atoms with Crippen molar-refractivity contribution in [1.82, 2.24) is 28.8 Å². The first-order valence-corrected chi connectivity index (χ1v) is 21.0. The molecule has 0 spiro atoms. The normalized spacial score (nSPS) is 17.5. The van der Waals surface area contributed by atoms with Crippen molar-refractivity contribution in [2.24, 2.45) is 0 Å². The molecule has 0 amide bonds. The van der Waals surface area contributed by atoms with E-state index in [-0.39, 0.29) is 23.6 Å². The fourth-order valence-corrected chi connectivity index (χ4v) is 7.05. The van der Waals surface area contributed by atoms with Crippen molar-refractivity contribution in [2.45, 2.75) is 56.5 Å². The molecule has 1 atom stereocenters. The number of sulfone groups is 1. The number of piperidine rings is 1. The number of ether oxygens (including phenoxy) is 1. The third kappa shape index (κ3) is 7.72. The van der Waals surface area contributed by atoms with E-state index in [1.54, 1.807) is 6.20 Å². The number of hydrogen-bond acceptors (Lipinski definition) is 10. The third-order valence-electron chi connectivity index (χ3n) is 6.32. The number of halogens is 1. The standard InChI is InChI=1S/C23H34IN7O5S2Si/c1-37(32,33)23-26-11-17(21(29-23)27-16-7-6-8-31(13-16)38(2,34)35)19-12-25-22-20(28-19)18(24)14-30(22)15-36-9-10-39(3,4)5/h11-12,14,16H,6-10,13,15H2,1-5H3,(H,26,27,29)/t16-/m0/s1. The van der Waals surface area contributed by atoms with E-state index in [1.807, 2.05) is 10.8 Å². The molecule has 39 heavy (non-hydrogen) atoms. The van der Waals surface area contributed by atoms with Gasteiger partial charge in [-0.25, -0.2) is 41.1 Å². The van der Waals surface area contributed by atoms with Crippen LogP contribution in [0.5, 0.6) is 0 Å². The molecule has 3 aromatic heterocycles. The Kier molecular flexibility index (Phi) is 9.02. The molecular weight excluding hydrogens is 673 g/mol. The Balaban J connectivity index is 1.65. The molecule has 0 bridgehead atoms. The van der Waals surface area contributed by atoms with Gasteiger partial charge in [0.15, 0.2) is 5.65 Å². The van der Waals surface area contributed by atoms with Crippen LogP contribution in [0.25, 0.3) is 22.4 Å². The van der Waals surface area contributed by atoms with Gasteiger partial charge in [0.2, 0.25) is 25.0 Å². The topological polar surface area (TPSA) is 149 Å². The van der Waals surface area contributed by atoms with Gasteiger partial charge in [-0.15, -0.1) is 0 Å². The largest absolute Gasteiger partial charge is 0.365 e. The SMILES string of the molecule is C[Si](C)(C)CCOCn1cc(I)c2nc(-c3cnc(S(C)(=O)=O)nc3N[C@H]3CCCN(S(C)(=O)=O)C3)cnc21. The maximum absolute atomic E-state index is 12.2. The number of sulfonamides is 1. The minimum atomic E-state index is -3.68. The first-order chi connectivity index (χ1) is 18.1. The van der Waals surface area contributed by atoms with Gasteiger partial charge in [0.1, 0.15) is 18.1 Å². The van der Waals surface area contributed by atoms with Crippen LogP contribution in [-0.4, -0.2) is 92.0 Å². The summed E-state index contributed by atoms with van der Waals surface area (Å²) in [6.07, 6.45) is 8.55. The van der Waals surface area contributed by atoms with Crippen LogP contribution in [0.2, 0.25) is 25.7 Å². The van der Waals surface area contributed by atoms with E-state index in [4.69, 9.17) is 9.72 Å². The first kappa shape index (κ1) is 30.2. The van der Waals surface area contributed by atoms with Crippen molar-refractivity contribution in [3.8, 4) is 11.3 Å². The van der Waals surface area contributed by atoms with Crippen LogP contribution < -0.4 is 5.32 Å². The minimum Gasteiger partial charge on any atom is -0.365 e. The van der Waals surface area contributed by atoms with Gasteiger partial charge in [0.25, 0.3) is 0 Å². The molecule has 4 heterocycles. The molecule has 214 valence electrons. The molecule has 0 aliphatic carbocycles. The van der Waals surface area contributed by atoms with E-state index >= 15 is 0 Å². The van der Waals surface area contributed by atoms with E-state index < -0.39 is 27.9 Å². The first-order valence-electron chi connectivity index (χ1n) is 12.5. The smallest absolute Gasteiger partial charge is 0.248 e. The van der Waals surface area contributed by atoms with Gasteiger partial charge in [-0.3, -0.25) is 0 Å². The van der Waals surface area contributed by atoms with Gasteiger partial charge < -0.3 is 14.6 Å². The van der Waals surface area contributed by atoms with Crippen molar-refractivity contribution in [3.05, 3.63) is 22.2 Å². The zero-order chi connectivity index (χ0) is 28.6. The van der Waals surface area contributed by atoms with Crippen LogP contribution in [0.4, 0.5) is 5.82 Å². The Bertz CT molecular complexity index is 1580. The highest BCUT2D eigenvalue weighted by atomic mass is 127. The summed E-state index contributed by atoms with van der Waals surface area (Å²) in [5.74, 6) is 0.267. The van der Waals surface area contributed by atoms with Gasteiger partial charge in [-0.1, -0.05) is 19.6 Å². The Labute approximate surface area is 244 Å². The Hall–Kier alpha value is -1.73. The van der Waals surface area contributed by atoms with Crippen molar-refractivity contribution in [2.75, 3.05) is 37.5 Å². The number of aromatic nitrogens is 5. The van der Waals surface area contributed by atoms with Crippen LogP contribution in [0, 0.1) is 3.57 Å². The van der Waals surface area contributed by atoms with E-state index in [0.717, 1.165) is 15.9 Å². The predicted octanol–water partition coefficient (Wildman–Crippen LogP) is 3.04. The monoisotopic (exact) mass is 707 g/mol. The zero-order valence-corrected chi connectivity index (χ0v) is 27.5. The lowest BCUT2D eigenvalue weighted by molar-refractivity contribution is 0.0898. The molecule has 1 aliphatic rings. The fraction of sp³-hybridized carbons (Fsp3) is 0.565. The lowest BCUT2D eigenvalue weighted by Crippen LogP contribution is -2.44. The van der Waals surface area contributed by atoms with Gasteiger partial charge in [0, 0.05) is 52.5 Å². The van der Waals surface area contributed by atoms with E-state index in [1.165, 1.54) is 16.8 Å². The van der Waals surface area contributed by atoms with Crippen LogP contribution >= 0.6 is 22.6 Å². The number of nitrogens with one attached hydrogen (secondary N) is 1. The summed E-state index contributed by atoms with van der Waals surface area (Å²) in [5.41, 5.74) is 2.30. The molecule has 12 nitrogen and oxygen atoms in total. The minimum absolute atomic E-state index is 0.250. The molecule has 0 radical (unpaired) electrons. The molecule has 1 N–H and O–H groups in total. The molecule has 16 heteroatoms. The van der Waals surface area contributed by atoms with Crippen LogP contribution in [0.1, 0.15) is 12.8 Å². The molecular formula is C23H34IN7O5S2Si. The number of fused-ring (bicyclic) bond motifs is 1. The molecule has 1 saturated heterocycles. The summed E-state index contributed by atoms with van der Waals surface area (Å²) in [5, 5.41) is 2.94. The second-order valence-electron chi connectivity index (χ2n) is 11.0. The highest BCUT2D eigenvalue weighted by Gasteiger charge is 2.28. The Morgan fingerprint density at radius 2 is 1.87 bits per heavy atom. The summed E-state index contributed by atoms with van der Waals surface area (Å²) >= 11 is 2.21. The second-order valence-corrected chi connectivity index (χ2v) is 21.7. The summed E-state index contributed by atoms with van der Waals surface area (Å²) in [4.78, 5) is 17.8. The van der Waals surface area contributed by atoms with Crippen molar-refractivity contribution in [3.63, 3.8) is 0 Å². The maximum Gasteiger partial charge on any atom is 0.248 e. The zero-order valence-electron chi connectivity index (χ0n) is 22.7. The summed E-state index contributed by atoms with van der Waals surface area (Å²) in [6.45, 7) is 8.68. The second kappa shape index (κ2) is 11.6. The highest BCUT2D eigenvalue weighted by Crippen LogP contribution is 2.30. The van der Waals surface area contributed by atoms with Crippen LogP contribution in [0.15, 0.2) is 23.7 Å². The van der Waals surface area contributed by atoms with Gasteiger partial charge in [-0.2, -0.15) is 0 Å². The average molecular weight is 708 g/mol. The summed E-state index contributed by atoms with van der Waals surface area (Å²) in [7, 11) is -8.23. The average Bonchev–Trinajstić information content (AvgIpc) is 3.15. The van der Waals surface area contributed by atoms with Gasteiger partial charge >= 0.3 is 0 Å². The van der Waals surface area contributed by atoms with Crippen molar-refractivity contribution >= 4 is 67.5 Å². The van der Waals surface area contributed by atoms with Gasteiger partial charge in [0.05, 0.1) is 27.3 Å². The molecule has 1 aliphatic heterocycles. The summed E-state index contributed by atoms with van der Waals surface area (Å²) < 4.78 is 58.8. The molecule has 3 aromatic rings. The molecule has 4 rings (SSSR count). The third-order valence-corrected chi connectivity index (χ3v) is 10.9. The Morgan fingerprint density at radius 3 is 2.54 bits per heavy atom. The van der Waals surface area contributed by atoms with Crippen molar-refractivity contribution < 1.29 is 21.6 Å². The molecule has 1 fully saturated rings.